The summed E-state index contributed by atoms with van der Waals surface area (Å²) in [6.45, 7) is 11.5. The molecule has 6 heterocycles. The SMILES string of the molecule is CC(C)c1ncc2c(=O)n(C)c(OP(=O)(Oc3cn4c(C(C)C)ncc4c(=O)n3C)Oc3cn4c(C(C)C)ncc4c(=O)n3C)cn12. The molecule has 6 rings (SSSR count). The normalized spacial score (nSPS) is 12.4. The molecule has 0 saturated heterocycles. The van der Waals surface area contributed by atoms with Crippen LogP contribution in [0.4, 0.5) is 0 Å². The fourth-order valence-electron chi connectivity index (χ4n) is 5.35. The molecule has 0 bridgehead atoms. The topological polar surface area (TPSA) is 163 Å². The van der Waals surface area contributed by atoms with E-state index in [9.17, 15) is 18.9 Å². The number of phosphoric ester groups is 1. The van der Waals surface area contributed by atoms with Crippen LogP contribution in [0.2, 0.25) is 0 Å². The minimum absolute atomic E-state index is 0.0602. The maximum atomic E-state index is 14.9. The zero-order chi connectivity index (χ0) is 34.1. The fraction of sp³-hybridized carbons (Fsp3) is 0.400. The standard InChI is InChI=1S/C30H36N9O7P/c1-16(2)25-31-10-19-28(40)34(7)22(13-37(19)25)44-47(43,45-23-14-38-20(29(41)35(23)8)11-32-26(38)17(3)4)46-24-15-39-21(30(42)36(24)9)12-33-27(39)18(5)6/h10-18H,1-9H3. The number of nitrogens with zero attached hydrogens (tertiary/aromatic N) is 9. The highest BCUT2D eigenvalue weighted by Gasteiger charge is 2.37. The highest BCUT2D eigenvalue weighted by Crippen LogP contribution is 2.49. The Morgan fingerprint density at radius 3 is 1.02 bits per heavy atom. The molecule has 0 spiro atoms. The molecule has 6 aromatic rings. The molecule has 248 valence electrons. The van der Waals surface area contributed by atoms with E-state index in [0.717, 1.165) is 13.7 Å². The Kier molecular flexibility index (Phi) is 7.66. The molecular weight excluding hydrogens is 629 g/mol. The maximum Gasteiger partial charge on any atom is 0.650 e. The van der Waals surface area contributed by atoms with Crippen LogP contribution in [0.25, 0.3) is 16.6 Å². The van der Waals surface area contributed by atoms with E-state index in [1.165, 1.54) is 58.3 Å². The lowest BCUT2D eigenvalue weighted by atomic mass is 10.2. The van der Waals surface area contributed by atoms with Crippen LogP contribution in [0.5, 0.6) is 17.6 Å². The molecule has 0 radical (unpaired) electrons. The van der Waals surface area contributed by atoms with E-state index in [2.05, 4.69) is 15.0 Å². The minimum Gasteiger partial charge on any atom is -0.368 e. The molecule has 0 fully saturated rings. The summed E-state index contributed by atoms with van der Waals surface area (Å²) in [6.07, 6.45) is 8.75. The van der Waals surface area contributed by atoms with Gasteiger partial charge in [0.05, 0.1) is 37.2 Å². The summed E-state index contributed by atoms with van der Waals surface area (Å²) in [5.74, 6) is 0.990. The van der Waals surface area contributed by atoms with E-state index in [1.54, 1.807) is 13.2 Å². The fourth-order valence-corrected chi connectivity index (χ4v) is 6.66. The molecule has 0 aliphatic heterocycles. The molecule has 0 N–H and O–H groups in total. The Bertz CT molecular complexity index is 2160. The molecule has 0 aliphatic carbocycles. The summed E-state index contributed by atoms with van der Waals surface area (Å²) in [6, 6.07) is 0. The Labute approximate surface area is 268 Å². The molecule has 6 aromatic heterocycles. The van der Waals surface area contributed by atoms with Crippen molar-refractivity contribution in [2.24, 2.45) is 21.1 Å². The highest BCUT2D eigenvalue weighted by atomic mass is 31.2. The largest absolute Gasteiger partial charge is 0.650 e. The van der Waals surface area contributed by atoms with E-state index in [0.29, 0.717) is 17.5 Å². The monoisotopic (exact) mass is 665 g/mol. The lowest BCUT2D eigenvalue weighted by Gasteiger charge is -2.22. The number of aromatic nitrogens is 9. The first-order chi connectivity index (χ1) is 22.1. The summed E-state index contributed by atoms with van der Waals surface area (Å²) < 4.78 is 41.0. The summed E-state index contributed by atoms with van der Waals surface area (Å²) in [5, 5.41) is 0. The average Bonchev–Trinajstić information content (AvgIpc) is 3.74. The van der Waals surface area contributed by atoms with Crippen molar-refractivity contribution < 1.29 is 18.1 Å². The van der Waals surface area contributed by atoms with E-state index < -0.39 is 24.5 Å². The average molecular weight is 666 g/mol. The van der Waals surface area contributed by atoms with Gasteiger partial charge in [0.1, 0.15) is 34.0 Å². The predicted octanol–water partition coefficient (Wildman–Crippen LogP) is 3.74. The second-order valence-corrected chi connectivity index (χ2v) is 13.7. The molecule has 0 aromatic carbocycles. The lowest BCUT2D eigenvalue weighted by molar-refractivity contribution is 0.272. The van der Waals surface area contributed by atoms with Gasteiger partial charge in [-0.05, 0) is 0 Å². The van der Waals surface area contributed by atoms with Crippen LogP contribution < -0.4 is 30.2 Å². The highest BCUT2D eigenvalue weighted by molar-refractivity contribution is 7.49. The quantitative estimate of drug-likeness (QED) is 0.208. The van der Waals surface area contributed by atoms with Crippen molar-refractivity contribution in [3.63, 3.8) is 0 Å². The first-order valence-electron chi connectivity index (χ1n) is 15.0. The van der Waals surface area contributed by atoms with E-state index in [-0.39, 0.29) is 51.9 Å². The van der Waals surface area contributed by atoms with Gasteiger partial charge in [-0.15, -0.1) is 0 Å². The van der Waals surface area contributed by atoms with Gasteiger partial charge in [0, 0.05) is 38.9 Å². The molecule has 16 nitrogen and oxygen atoms in total. The Morgan fingerprint density at radius 1 is 0.532 bits per heavy atom. The number of hydrogen-bond acceptors (Lipinski definition) is 10. The van der Waals surface area contributed by atoms with Crippen LogP contribution in [0.3, 0.4) is 0 Å². The van der Waals surface area contributed by atoms with Gasteiger partial charge < -0.3 is 13.6 Å². The third-order valence-corrected chi connectivity index (χ3v) is 9.16. The number of fused-ring (bicyclic) bond motifs is 3. The summed E-state index contributed by atoms with van der Waals surface area (Å²) >= 11 is 0. The van der Waals surface area contributed by atoms with E-state index in [4.69, 9.17) is 13.6 Å². The summed E-state index contributed by atoms with van der Waals surface area (Å²) in [5.41, 5.74) is -0.584. The Hall–Kier alpha value is -5.11. The number of hydrogen-bond donors (Lipinski definition) is 0. The lowest BCUT2D eigenvalue weighted by Crippen LogP contribution is -2.26. The molecule has 0 aliphatic rings. The van der Waals surface area contributed by atoms with Gasteiger partial charge >= 0.3 is 7.82 Å². The number of imidazole rings is 3. The van der Waals surface area contributed by atoms with Gasteiger partial charge in [0.25, 0.3) is 16.7 Å². The molecule has 17 heteroatoms. The predicted molar refractivity (Wildman–Crippen MR) is 173 cm³/mol. The second-order valence-electron chi connectivity index (χ2n) is 12.3. The van der Waals surface area contributed by atoms with Crippen molar-refractivity contribution in [2.45, 2.75) is 59.3 Å². The molecule has 0 unspecified atom stereocenters. The minimum atomic E-state index is -4.90. The smallest absolute Gasteiger partial charge is 0.368 e. The van der Waals surface area contributed by atoms with Gasteiger partial charge in [0.15, 0.2) is 0 Å². The van der Waals surface area contributed by atoms with Crippen molar-refractivity contribution in [3.05, 3.63) is 85.7 Å². The molecule has 0 amide bonds. The van der Waals surface area contributed by atoms with Crippen LogP contribution in [0, 0.1) is 0 Å². The molecule has 0 saturated carbocycles. The van der Waals surface area contributed by atoms with Crippen LogP contribution in [0.15, 0.2) is 51.6 Å². The zero-order valence-electron chi connectivity index (χ0n) is 27.5. The van der Waals surface area contributed by atoms with Gasteiger partial charge in [-0.3, -0.25) is 41.3 Å². The van der Waals surface area contributed by atoms with Gasteiger partial charge in [-0.1, -0.05) is 41.5 Å². The summed E-state index contributed by atoms with van der Waals surface area (Å²) in [4.78, 5) is 53.2. The first kappa shape index (κ1) is 31.9. The molecule has 47 heavy (non-hydrogen) atoms. The van der Waals surface area contributed by atoms with Crippen LogP contribution >= 0.6 is 7.82 Å². The number of phosphoric acid groups is 1. The van der Waals surface area contributed by atoms with Gasteiger partial charge in [-0.2, -0.15) is 4.57 Å². The Balaban J connectivity index is 1.55. The van der Waals surface area contributed by atoms with Crippen molar-refractivity contribution in [2.75, 3.05) is 0 Å². The van der Waals surface area contributed by atoms with E-state index in [1.807, 2.05) is 41.5 Å². The van der Waals surface area contributed by atoms with Gasteiger partial charge in [0.2, 0.25) is 17.6 Å². The third kappa shape index (κ3) is 5.22. The third-order valence-electron chi connectivity index (χ3n) is 7.92. The van der Waals surface area contributed by atoms with Gasteiger partial charge in [-0.25, -0.2) is 15.0 Å². The van der Waals surface area contributed by atoms with Crippen molar-refractivity contribution in [1.82, 2.24) is 41.9 Å². The van der Waals surface area contributed by atoms with Crippen molar-refractivity contribution in [1.29, 1.82) is 0 Å². The van der Waals surface area contributed by atoms with Crippen LogP contribution in [-0.2, 0) is 25.7 Å². The van der Waals surface area contributed by atoms with Crippen molar-refractivity contribution in [3.8, 4) is 17.6 Å². The van der Waals surface area contributed by atoms with Crippen LogP contribution in [-0.4, -0.2) is 41.9 Å². The van der Waals surface area contributed by atoms with Crippen LogP contribution in [0.1, 0.15) is 76.8 Å². The maximum absolute atomic E-state index is 14.9. The Morgan fingerprint density at radius 2 is 0.787 bits per heavy atom. The van der Waals surface area contributed by atoms with Crippen molar-refractivity contribution >= 4 is 24.4 Å². The first-order valence-corrected chi connectivity index (χ1v) is 16.5. The van der Waals surface area contributed by atoms with E-state index >= 15 is 0 Å². The summed E-state index contributed by atoms with van der Waals surface area (Å²) in [7, 11) is -0.583. The zero-order valence-corrected chi connectivity index (χ0v) is 28.4. The number of rotatable bonds is 9. The molecule has 0 atom stereocenters. The second kappa shape index (κ2) is 11.3. The molecular formula is C30H36N9O7P.